The topological polar surface area (TPSA) is 41.0 Å². The van der Waals surface area contributed by atoms with E-state index in [0.717, 1.165) is 60.5 Å². The molecular formula is C21H22F2N4. The maximum atomic E-state index is 14.3. The van der Waals surface area contributed by atoms with Crippen LogP contribution in [0.15, 0.2) is 36.5 Å². The molecule has 1 fully saturated rings. The van der Waals surface area contributed by atoms with Crippen molar-refractivity contribution in [1.29, 1.82) is 0 Å². The summed E-state index contributed by atoms with van der Waals surface area (Å²) in [4.78, 5) is 11.3. The molecular weight excluding hydrogens is 346 g/mol. The maximum Gasteiger partial charge on any atom is 0.161 e. The molecule has 1 aliphatic heterocycles. The van der Waals surface area contributed by atoms with E-state index in [1.54, 1.807) is 6.20 Å². The van der Waals surface area contributed by atoms with E-state index < -0.39 is 11.6 Å². The van der Waals surface area contributed by atoms with Crippen molar-refractivity contribution in [3.8, 4) is 0 Å². The van der Waals surface area contributed by atoms with Crippen molar-refractivity contribution in [2.24, 2.45) is 0 Å². The second-order valence-electron chi connectivity index (χ2n) is 6.99. The highest BCUT2D eigenvalue weighted by atomic mass is 19.1. The van der Waals surface area contributed by atoms with Gasteiger partial charge in [0.05, 0.1) is 23.3 Å². The third kappa shape index (κ3) is 3.70. The van der Waals surface area contributed by atoms with Gasteiger partial charge < -0.3 is 10.2 Å². The molecule has 0 unspecified atom stereocenters. The molecule has 0 spiro atoms. The van der Waals surface area contributed by atoms with Crippen LogP contribution in [0.1, 0.15) is 31.4 Å². The summed E-state index contributed by atoms with van der Waals surface area (Å²) in [5.74, 6) is -0.981. The Morgan fingerprint density at radius 2 is 1.78 bits per heavy atom. The lowest BCUT2D eigenvalue weighted by molar-refractivity contribution is 0.603. The van der Waals surface area contributed by atoms with Crippen LogP contribution in [0.2, 0.25) is 0 Å². The number of hydrogen-bond acceptors (Lipinski definition) is 4. The van der Waals surface area contributed by atoms with Crippen LogP contribution in [-0.2, 0) is 0 Å². The fourth-order valence-corrected chi connectivity index (χ4v) is 3.57. The molecule has 0 aliphatic carbocycles. The van der Waals surface area contributed by atoms with Crippen LogP contribution < -0.4 is 10.2 Å². The van der Waals surface area contributed by atoms with Gasteiger partial charge >= 0.3 is 0 Å². The van der Waals surface area contributed by atoms with Gasteiger partial charge in [-0.1, -0.05) is 12.8 Å². The minimum absolute atomic E-state index is 0.110. The normalized spacial score (nSPS) is 15.0. The van der Waals surface area contributed by atoms with Gasteiger partial charge in [0.25, 0.3) is 0 Å². The van der Waals surface area contributed by atoms with E-state index in [1.807, 2.05) is 19.1 Å². The first kappa shape index (κ1) is 17.6. The molecule has 4 nitrogen and oxygen atoms in total. The lowest BCUT2D eigenvalue weighted by atomic mass is 10.1. The van der Waals surface area contributed by atoms with Crippen LogP contribution in [0.4, 0.5) is 25.8 Å². The fraction of sp³-hybridized carbons (Fsp3) is 0.333. The number of benzene rings is 1. The minimum Gasteiger partial charge on any atom is -0.369 e. The van der Waals surface area contributed by atoms with E-state index in [1.165, 1.54) is 18.9 Å². The first-order chi connectivity index (χ1) is 13.1. The number of pyridine rings is 2. The van der Waals surface area contributed by atoms with Gasteiger partial charge in [-0.25, -0.2) is 18.7 Å². The van der Waals surface area contributed by atoms with Gasteiger partial charge in [0.1, 0.15) is 11.6 Å². The summed E-state index contributed by atoms with van der Waals surface area (Å²) in [6.07, 6.45) is 6.43. The fourth-order valence-electron chi connectivity index (χ4n) is 3.57. The molecule has 0 bridgehead atoms. The van der Waals surface area contributed by atoms with Gasteiger partial charge in [-0.05, 0) is 44.0 Å². The van der Waals surface area contributed by atoms with E-state index in [9.17, 15) is 8.78 Å². The molecule has 0 saturated carbocycles. The lowest BCUT2D eigenvalue weighted by Crippen LogP contribution is -2.25. The van der Waals surface area contributed by atoms with Gasteiger partial charge in [-0.3, -0.25) is 0 Å². The van der Waals surface area contributed by atoms with Gasteiger partial charge in [-0.15, -0.1) is 0 Å². The summed E-state index contributed by atoms with van der Waals surface area (Å²) in [5.41, 5.74) is 3.19. The zero-order chi connectivity index (χ0) is 18.8. The quantitative estimate of drug-likeness (QED) is 0.677. The number of halogens is 2. The summed E-state index contributed by atoms with van der Waals surface area (Å²) in [6.45, 7) is 3.75. The van der Waals surface area contributed by atoms with Crippen molar-refractivity contribution in [2.45, 2.75) is 32.6 Å². The van der Waals surface area contributed by atoms with E-state index >= 15 is 0 Å². The van der Waals surface area contributed by atoms with Crippen LogP contribution in [-0.4, -0.2) is 23.1 Å². The van der Waals surface area contributed by atoms with Crippen LogP contribution in [0.3, 0.4) is 0 Å². The van der Waals surface area contributed by atoms with E-state index in [4.69, 9.17) is 0 Å². The number of nitrogens with zero attached hydrogens (tertiary/aromatic N) is 3. The van der Waals surface area contributed by atoms with Crippen molar-refractivity contribution < 1.29 is 8.78 Å². The minimum atomic E-state index is -0.497. The Balaban J connectivity index is 1.85. The largest absolute Gasteiger partial charge is 0.369 e. The molecule has 1 saturated heterocycles. The molecule has 0 atom stereocenters. The summed E-state index contributed by atoms with van der Waals surface area (Å²) < 4.78 is 28.0. The molecule has 1 aliphatic rings. The monoisotopic (exact) mass is 368 g/mol. The van der Waals surface area contributed by atoms with E-state index in [0.29, 0.717) is 5.65 Å². The molecule has 6 heteroatoms. The van der Waals surface area contributed by atoms with Gasteiger partial charge in [0.2, 0.25) is 0 Å². The lowest BCUT2D eigenvalue weighted by Gasteiger charge is -2.26. The predicted molar refractivity (Wildman–Crippen MR) is 105 cm³/mol. The first-order valence-electron chi connectivity index (χ1n) is 9.35. The van der Waals surface area contributed by atoms with Crippen molar-refractivity contribution in [3.05, 3.63) is 53.9 Å². The molecule has 3 aromatic rings. The number of anilines is 3. The third-order valence-corrected chi connectivity index (χ3v) is 4.98. The summed E-state index contributed by atoms with van der Waals surface area (Å²) in [6, 6.07) is 7.27. The Labute approximate surface area is 157 Å². The number of fused-ring (bicyclic) bond motifs is 1. The van der Waals surface area contributed by atoms with Crippen molar-refractivity contribution in [2.75, 3.05) is 23.3 Å². The van der Waals surface area contributed by atoms with Crippen LogP contribution in [0.25, 0.3) is 11.0 Å². The van der Waals surface area contributed by atoms with Crippen molar-refractivity contribution >= 4 is 28.1 Å². The number of aryl methyl sites for hydroxylation is 1. The van der Waals surface area contributed by atoms with Crippen LogP contribution >= 0.6 is 0 Å². The standard InChI is InChI=1S/C21H22F2N4/c1-14-6-8-16-20(26-18-12-15(22)7-9-17(18)23)19(13-24-21(16)25-14)27-10-4-2-3-5-11-27/h6-9,12-13H,2-5,10-11H2,1H3,(H,24,25,26). The Morgan fingerprint density at radius 3 is 2.56 bits per heavy atom. The third-order valence-electron chi connectivity index (χ3n) is 4.98. The number of rotatable bonds is 3. The zero-order valence-electron chi connectivity index (χ0n) is 15.3. The van der Waals surface area contributed by atoms with Crippen molar-refractivity contribution in [3.63, 3.8) is 0 Å². The van der Waals surface area contributed by atoms with Crippen LogP contribution in [0.5, 0.6) is 0 Å². The van der Waals surface area contributed by atoms with Gasteiger partial charge in [0, 0.05) is 30.2 Å². The van der Waals surface area contributed by atoms with E-state index in [2.05, 4.69) is 20.2 Å². The van der Waals surface area contributed by atoms with Crippen molar-refractivity contribution in [1.82, 2.24) is 9.97 Å². The highest BCUT2D eigenvalue weighted by Crippen LogP contribution is 2.36. The highest BCUT2D eigenvalue weighted by molar-refractivity contribution is 5.98. The number of aromatic nitrogens is 2. The zero-order valence-corrected chi connectivity index (χ0v) is 15.3. The van der Waals surface area contributed by atoms with Gasteiger partial charge in [0.15, 0.2) is 5.65 Å². The molecule has 2 aromatic heterocycles. The van der Waals surface area contributed by atoms with E-state index in [-0.39, 0.29) is 5.69 Å². The number of hydrogen-bond donors (Lipinski definition) is 1. The molecule has 27 heavy (non-hydrogen) atoms. The number of nitrogens with one attached hydrogen (secondary N) is 1. The Morgan fingerprint density at radius 1 is 1.00 bits per heavy atom. The van der Waals surface area contributed by atoms with Crippen LogP contribution in [0, 0.1) is 18.6 Å². The molecule has 140 valence electrons. The smallest absolute Gasteiger partial charge is 0.161 e. The molecule has 1 aromatic carbocycles. The Kier molecular flexibility index (Phi) is 4.88. The summed E-state index contributed by atoms with van der Waals surface area (Å²) in [7, 11) is 0. The molecule has 4 rings (SSSR count). The summed E-state index contributed by atoms with van der Waals surface area (Å²) >= 11 is 0. The predicted octanol–water partition coefficient (Wildman–Crippen LogP) is 5.34. The average molecular weight is 368 g/mol. The molecule has 0 radical (unpaired) electrons. The molecule has 1 N–H and O–H groups in total. The SMILES string of the molecule is Cc1ccc2c(Nc3cc(F)ccc3F)c(N3CCCCCC3)cnc2n1. The highest BCUT2D eigenvalue weighted by Gasteiger charge is 2.18. The Hall–Kier alpha value is -2.76. The maximum absolute atomic E-state index is 14.3. The first-order valence-corrected chi connectivity index (χ1v) is 9.35. The molecule has 0 amide bonds. The second-order valence-corrected chi connectivity index (χ2v) is 6.99. The summed E-state index contributed by atoms with van der Waals surface area (Å²) in [5, 5.41) is 3.92. The Bertz CT molecular complexity index is 966. The molecule has 3 heterocycles. The average Bonchev–Trinajstić information content (AvgIpc) is 2.94. The van der Waals surface area contributed by atoms with Gasteiger partial charge in [-0.2, -0.15) is 0 Å². The second kappa shape index (κ2) is 7.47.